The van der Waals surface area contributed by atoms with Crippen molar-refractivity contribution in [1.82, 2.24) is 0 Å². The van der Waals surface area contributed by atoms with E-state index < -0.39 is 0 Å². The smallest absolute Gasteiger partial charge is 0.211 e. The fourth-order valence-corrected chi connectivity index (χ4v) is 2.73. The maximum atomic E-state index is 11.9. The summed E-state index contributed by atoms with van der Waals surface area (Å²) in [5.41, 5.74) is 3.26. The van der Waals surface area contributed by atoms with E-state index in [0.717, 1.165) is 16.7 Å². The van der Waals surface area contributed by atoms with Crippen LogP contribution in [0.2, 0.25) is 0 Å². The molecular formula is C13H17NO2. The number of hydrogen-bond acceptors (Lipinski definition) is 3. The van der Waals surface area contributed by atoms with Gasteiger partial charge in [0.1, 0.15) is 5.71 Å². The van der Waals surface area contributed by atoms with Crippen molar-refractivity contribution in [1.29, 1.82) is 0 Å². The first kappa shape index (κ1) is 11.1. The first-order valence-electron chi connectivity index (χ1n) is 5.57. The summed E-state index contributed by atoms with van der Waals surface area (Å²) in [7, 11) is 0. The fraction of sp³-hybridized carbons (Fsp3) is 0.538. The molecular weight excluding hydrogens is 202 g/mol. The Morgan fingerprint density at radius 2 is 2.12 bits per heavy atom. The van der Waals surface area contributed by atoms with Gasteiger partial charge in [0, 0.05) is 12.0 Å². The molecule has 0 aromatic rings. The van der Waals surface area contributed by atoms with Gasteiger partial charge in [-0.05, 0) is 29.4 Å². The Hall–Kier alpha value is -1.38. The number of Topliss-reactive ketones (excluding diaryl/α,β-unsaturated/α-hetero) is 1. The Kier molecular flexibility index (Phi) is 2.30. The third-order valence-electron chi connectivity index (χ3n) is 3.91. The van der Waals surface area contributed by atoms with Gasteiger partial charge in [0.15, 0.2) is 0 Å². The number of ketones is 1. The van der Waals surface area contributed by atoms with Gasteiger partial charge in [-0.15, -0.1) is 0 Å². The van der Waals surface area contributed by atoms with Crippen LogP contribution in [0.15, 0.2) is 28.0 Å². The number of carbonyl (C=O) groups excluding carboxylic acids is 1. The molecule has 0 fully saturated rings. The standard InChI is InChI=1S/C13H17NO2/c1-7-6-13(3,4)8(2)9-5-10(14-16)12(15)11(7)9/h6,8,16H,5H2,1-4H3. The van der Waals surface area contributed by atoms with Crippen LogP contribution in [0, 0.1) is 11.3 Å². The highest BCUT2D eigenvalue weighted by Crippen LogP contribution is 2.46. The highest BCUT2D eigenvalue weighted by atomic mass is 16.4. The van der Waals surface area contributed by atoms with E-state index in [9.17, 15) is 4.79 Å². The molecule has 0 amide bonds. The van der Waals surface area contributed by atoms with Gasteiger partial charge in [0.25, 0.3) is 0 Å². The van der Waals surface area contributed by atoms with Crippen LogP contribution in [-0.4, -0.2) is 16.7 Å². The Balaban J connectivity index is 2.54. The van der Waals surface area contributed by atoms with E-state index in [1.807, 2.05) is 6.92 Å². The molecule has 2 aliphatic rings. The van der Waals surface area contributed by atoms with Gasteiger partial charge in [0.05, 0.1) is 0 Å². The van der Waals surface area contributed by atoms with Crippen molar-refractivity contribution >= 4 is 11.5 Å². The van der Waals surface area contributed by atoms with Crippen molar-refractivity contribution in [3.8, 4) is 0 Å². The summed E-state index contributed by atoms with van der Waals surface area (Å²) in [6.45, 7) is 8.43. The van der Waals surface area contributed by atoms with E-state index in [4.69, 9.17) is 5.21 Å². The van der Waals surface area contributed by atoms with E-state index in [1.54, 1.807) is 0 Å². The topological polar surface area (TPSA) is 49.7 Å². The molecule has 3 nitrogen and oxygen atoms in total. The van der Waals surface area contributed by atoms with Crippen molar-refractivity contribution in [2.45, 2.75) is 34.1 Å². The van der Waals surface area contributed by atoms with E-state index in [1.165, 1.54) is 0 Å². The Morgan fingerprint density at radius 1 is 1.50 bits per heavy atom. The third-order valence-corrected chi connectivity index (χ3v) is 3.91. The molecule has 2 rings (SSSR count). The molecule has 86 valence electrons. The lowest BCUT2D eigenvalue weighted by Gasteiger charge is -2.34. The largest absolute Gasteiger partial charge is 0.411 e. The van der Waals surface area contributed by atoms with Crippen LogP contribution < -0.4 is 0 Å². The van der Waals surface area contributed by atoms with Crippen LogP contribution in [0.4, 0.5) is 0 Å². The van der Waals surface area contributed by atoms with Crippen molar-refractivity contribution in [3.63, 3.8) is 0 Å². The highest BCUT2D eigenvalue weighted by molar-refractivity contribution is 6.49. The molecule has 1 unspecified atom stereocenters. The number of carbonyl (C=O) groups is 1. The van der Waals surface area contributed by atoms with E-state index in [-0.39, 0.29) is 16.9 Å². The van der Waals surface area contributed by atoms with Crippen LogP contribution in [0.5, 0.6) is 0 Å². The second kappa shape index (κ2) is 3.30. The molecule has 0 saturated carbocycles. The zero-order valence-electron chi connectivity index (χ0n) is 10.2. The Bertz CT molecular complexity index is 453. The molecule has 0 bridgehead atoms. The van der Waals surface area contributed by atoms with Crippen molar-refractivity contribution in [2.75, 3.05) is 0 Å². The predicted octanol–water partition coefficient (Wildman–Crippen LogP) is 2.71. The maximum Gasteiger partial charge on any atom is 0.211 e. The molecule has 0 aromatic carbocycles. The molecule has 0 radical (unpaired) electrons. The molecule has 16 heavy (non-hydrogen) atoms. The van der Waals surface area contributed by atoms with Crippen LogP contribution in [0.3, 0.4) is 0 Å². The molecule has 0 aliphatic heterocycles. The molecule has 3 heteroatoms. The number of allylic oxidation sites excluding steroid dienone is 4. The van der Waals surface area contributed by atoms with Gasteiger partial charge in [0.2, 0.25) is 5.78 Å². The summed E-state index contributed by atoms with van der Waals surface area (Å²) < 4.78 is 0. The molecule has 0 aromatic heterocycles. The van der Waals surface area contributed by atoms with Gasteiger partial charge in [-0.1, -0.05) is 32.0 Å². The van der Waals surface area contributed by atoms with Gasteiger partial charge in [-0.3, -0.25) is 4.79 Å². The van der Waals surface area contributed by atoms with Gasteiger partial charge >= 0.3 is 0 Å². The lowest BCUT2D eigenvalue weighted by molar-refractivity contribution is -0.109. The zero-order chi connectivity index (χ0) is 12.1. The summed E-state index contributed by atoms with van der Waals surface area (Å²) in [6, 6.07) is 0. The van der Waals surface area contributed by atoms with Crippen molar-refractivity contribution < 1.29 is 10.0 Å². The van der Waals surface area contributed by atoms with Gasteiger partial charge in [-0.2, -0.15) is 0 Å². The lowest BCUT2D eigenvalue weighted by atomic mass is 9.69. The van der Waals surface area contributed by atoms with Crippen molar-refractivity contribution in [2.24, 2.45) is 16.5 Å². The normalized spacial score (nSPS) is 30.8. The fourth-order valence-electron chi connectivity index (χ4n) is 2.73. The van der Waals surface area contributed by atoms with Crippen LogP contribution in [0.25, 0.3) is 0 Å². The monoisotopic (exact) mass is 219 g/mol. The second-order valence-electron chi connectivity index (χ2n) is 5.32. The van der Waals surface area contributed by atoms with E-state index >= 15 is 0 Å². The number of hydrogen-bond donors (Lipinski definition) is 1. The Morgan fingerprint density at radius 3 is 2.69 bits per heavy atom. The minimum absolute atomic E-state index is 0.0636. The molecule has 0 spiro atoms. The first-order valence-corrected chi connectivity index (χ1v) is 5.57. The summed E-state index contributed by atoms with van der Waals surface area (Å²) >= 11 is 0. The zero-order valence-corrected chi connectivity index (χ0v) is 10.2. The van der Waals surface area contributed by atoms with E-state index in [0.29, 0.717) is 12.3 Å². The lowest BCUT2D eigenvalue weighted by Crippen LogP contribution is -2.25. The molecule has 2 aliphatic carbocycles. The minimum Gasteiger partial charge on any atom is -0.411 e. The number of oxime groups is 1. The van der Waals surface area contributed by atoms with Crippen LogP contribution in [-0.2, 0) is 4.79 Å². The number of nitrogens with zero attached hydrogens (tertiary/aromatic N) is 1. The predicted molar refractivity (Wildman–Crippen MR) is 62.6 cm³/mol. The SMILES string of the molecule is CC1=CC(C)(C)C(C)C2=C1C(=O)C(=NO)C2. The maximum absolute atomic E-state index is 11.9. The van der Waals surface area contributed by atoms with Gasteiger partial charge in [-0.25, -0.2) is 0 Å². The van der Waals surface area contributed by atoms with Gasteiger partial charge < -0.3 is 5.21 Å². The first-order chi connectivity index (χ1) is 7.38. The highest BCUT2D eigenvalue weighted by Gasteiger charge is 2.41. The minimum atomic E-state index is -0.103. The quantitative estimate of drug-likeness (QED) is 0.503. The molecule has 0 heterocycles. The summed E-state index contributed by atoms with van der Waals surface area (Å²) in [4.78, 5) is 11.9. The molecule has 1 N–H and O–H groups in total. The third kappa shape index (κ3) is 1.34. The number of rotatable bonds is 0. The van der Waals surface area contributed by atoms with Crippen molar-refractivity contribution in [3.05, 3.63) is 22.8 Å². The van der Waals surface area contributed by atoms with Crippen LogP contribution >= 0.6 is 0 Å². The average Bonchev–Trinajstić information content (AvgIpc) is 2.52. The molecule has 0 saturated heterocycles. The summed E-state index contributed by atoms with van der Waals surface area (Å²) in [5.74, 6) is 0.211. The average molecular weight is 219 g/mol. The van der Waals surface area contributed by atoms with Crippen LogP contribution in [0.1, 0.15) is 34.1 Å². The second-order valence-corrected chi connectivity index (χ2v) is 5.32. The van der Waals surface area contributed by atoms with E-state index in [2.05, 4.69) is 32.0 Å². The Labute approximate surface area is 95.5 Å². The molecule has 1 atom stereocenters. The summed E-state index contributed by atoms with van der Waals surface area (Å²) in [6.07, 6.45) is 2.65. The summed E-state index contributed by atoms with van der Waals surface area (Å²) in [5, 5.41) is 11.9.